The molecule has 3 aliphatic rings. The molecule has 2 amide bonds. The molecule has 43 heavy (non-hydrogen) atoms. The van der Waals surface area contributed by atoms with Crippen LogP contribution in [-0.2, 0) is 4.79 Å². The zero-order chi connectivity index (χ0) is 30.7. The molecule has 2 N–H and O–H groups in total. The molecule has 4 atom stereocenters. The van der Waals surface area contributed by atoms with Gasteiger partial charge in [0.15, 0.2) is 0 Å². The van der Waals surface area contributed by atoms with Gasteiger partial charge in [0, 0.05) is 27.4 Å². The van der Waals surface area contributed by atoms with E-state index in [-0.39, 0.29) is 30.4 Å². The van der Waals surface area contributed by atoms with Crippen molar-refractivity contribution in [3.8, 4) is 0 Å². The smallest absolute Gasteiger partial charge is 0.275 e. The number of carbonyl (C=O) groups excluding carboxylic acids is 2. The number of halogens is 2. The van der Waals surface area contributed by atoms with Crippen LogP contribution in [0, 0.1) is 11.8 Å². The van der Waals surface area contributed by atoms with Gasteiger partial charge >= 0.3 is 0 Å². The molecule has 5 rings (SSSR count). The number of nitrogens with one attached hydrogen (secondary N) is 2. The summed E-state index contributed by atoms with van der Waals surface area (Å²) in [4.78, 5) is 39.2. The molecule has 0 saturated heterocycles. The Morgan fingerprint density at radius 3 is 2.40 bits per heavy atom. The molecule has 2 heterocycles. The van der Waals surface area contributed by atoms with Crippen LogP contribution in [0.4, 0.5) is 0 Å². The van der Waals surface area contributed by atoms with Crippen molar-refractivity contribution in [1.82, 2.24) is 15.6 Å². The van der Waals surface area contributed by atoms with E-state index in [2.05, 4.69) is 41.6 Å². The zero-order valence-corrected chi connectivity index (χ0v) is 26.8. The number of amidine groups is 1. The molecule has 1 spiro atoms. The van der Waals surface area contributed by atoms with Gasteiger partial charge in [-0.3, -0.25) is 25.0 Å². The predicted molar refractivity (Wildman–Crippen MR) is 174 cm³/mol. The van der Waals surface area contributed by atoms with Crippen LogP contribution >= 0.6 is 23.2 Å². The Balaban J connectivity index is 1.42. The lowest BCUT2D eigenvalue weighted by atomic mass is 9.75. The van der Waals surface area contributed by atoms with E-state index in [9.17, 15) is 9.59 Å². The predicted octanol–water partition coefficient (Wildman–Crippen LogP) is 6.81. The lowest BCUT2D eigenvalue weighted by Gasteiger charge is -2.47. The summed E-state index contributed by atoms with van der Waals surface area (Å²) in [6, 6.07) is 12.6. The number of amides is 2. The molecule has 10 heteroatoms. The quantitative estimate of drug-likeness (QED) is 0.321. The first-order chi connectivity index (χ1) is 20.6. The number of carbonyl (C=O) groups is 2. The summed E-state index contributed by atoms with van der Waals surface area (Å²) in [5.41, 5.74) is 4.79. The Labute approximate surface area is 264 Å². The fraction of sp³-hybridized carbons (Fsp3) is 0.485. The van der Waals surface area contributed by atoms with Crippen LogP contribution in [0.3, 0.4) is 0 Å². The van der Waals surface area contributed by atoms with Crippen LogP contribution in [0.25, 0.3) is 0 Å². The lowest BCUT2D eigenvalue weighted by molar-refractivity contribution is -0.134. The molecule has 228 valence electrons. The van der Waals surface area contributed by atoms with Gasteiger partial charge in [0.25, 0.3) is 11.8 Å². The highest BCUT2D eigenvalue weighted by atomic mass is 35.5. The van der Waals surface area contributed by atoms with Crippen LogP contribution in [0.15, 0.2) is 57.6 Å². The van der Waals surface area contributed by atoms with Crippen LogP contribution < -0.4 is 10.7 Å². The van der Waals surface area contributed by atoms with Crippen LogP contribution in [0.2, 0.25) is 10.0 Å². The first-order valence-corrected chi connectivity index (χ1v) is 16.0. The third kappa shape index (κ3) is 6.80. The maximum Gasteiger partial charge on any atom is 0.275 e. The number of hydrogen-bond donors (Lipinski definition) is 2. The van der Waals surface area contributed by atoms with Gasteiger partial charge in [0.2, 0.25) is 0 Å². The van der Waals surface area contributed by atoms with Crippen molar-refractivity contribution in [3.05, 3.63) is 69.2 Å². The molecule has 1 fully saturated rings. The van der Waals surface area contributed by atoms with E-state index in [1.165, 1.54) is 0 Å². The second kappa shape index (κ2) is 13.2. The van der Waals surface area contributed by atoms with E-state index in [1.54, 1.807) is 24.4 Å². The largest absolute Gasteiger partial charge is 0.345 e. The summed E-state index contributed by atoms with van der Waals surface area (Å²) in [5, 5.41) is 7.99. The first kappa shape index (κ1) is 31.2. The van der Waals surface area contributed by atoms with E-state index in [1.807, 2.05) is 36.1 Å². The minimum Gasteiger partial charge on any atom is -0.345 e. The molecule has 1 aliphatic carbocycles. The van der Waals surface area contributed by atoms with Gasteiger partial charge < -0.3 is 10.2 Å². The van der Waals surface area contributed by atoms with Crippen molar-refractivity contribution in [3.63, 3.8) is 0 Å². The third-order valence-corrected chi connectivity index (χ3v) is 8.95. The number of benzene rings is 2. The van der Waals surface area contributed by atoms with Gasteiger partial charge in [-0.05, 0) is 79.8 Å². The monoisotopic (exact) mass is 622 g/mol. The van der Waals surface area contributed by atoms with E-state index >= 15 is 0 Å². The topological polar surface area (TPSA) is 98.5 Å². The van der Waals surface area contributed by atoms with Crippen molar-refractivity contribution in [1.29, 1.82) is 0 Å². The fourth-order valence-corrected chi connectivity index (χ4v) is 7.37. The number of hydrogen-bond acceptors (Lipinski definition) is 6. The van der Waals surface area contributed by atoms with Crippen LogP contribution in [-0.4, -0.2) is 52.7 Å². The van der Waals surface area contributed by atoms with Gasteiger partial charge in [0.1, 0.15) is 17.2 Å². The zero-order valence-electron chi connectivity index (χ0n) is 25.2. The van der Waals surface area contributed by atoms with Crippen LogP contribution in [0.1, 0.15) is 93.7 Å². The fourth-order valence-electron chi connectivity index (χ4n) is 6.85. The Kier molecular flexibility index (Phi) is 9.57. The highest BCUT2D eigenvalue weighted by Crippen LogP contribution is 2.48. The van der Waals surface area contributed by atoms with E-state index in [4.69, 9.17) is 28.2 Å². The van der Waals surface area contributed by atoms with E-state index in [0.717, 1.165) is 44.1 Å². The number of rotatable bonds is 9. The molecule has 2 aliphatic heterocycles. The molecular weight excluding hydrogens is 583 g/mol. The highest BCUT2D eigenvalue weighted by Gasteiger charge is 2.53. The van der Waals surface area contributed by atoms with Crippen molar-refractivity contribution in [2.45, 2.75) is 84.0 Å². The second-order valence-electron chi connectivity index (χ2n) is 12.2. The summed E-state index contributed by atoms with van der Waals surface area (Å²) >= 11 is 12.7. The van der Waals surface area contributed by atoms with Crippen LogP contribution in [0.5, 0.6) is 0 Å². The summed E-state index contributed by atoms with van der Waals surface area (Å²) < 4.78 is 0. The molecule has 8 nitrogen and oxygen atoms in total. The maximum absolute atomic E-state index is 14.4. The molecule has 0 bridgehead atoms. The van der Waals surface area contributed by atoms with Crippen molar-refractivity contribution in [2.24, 2.45) is 26.9 Å². The van der Waals surface area contributed by atoms with Crippen molar-refractivity contribution >= 4 is 52.8 Å². The molecule has 4 unspecified atom stereocenters. The third-order valence-electron chi connectivity index (χ3n) is 8.51. The molecular formula is C33H40Cl2N6O2. The number of nitrogens with zero attached hydrogens (tertiary/aromatic N) is 4. The van der Waals surface area contributed by atoms with Crippen molar-refractivity contribution in [2.75, 3.05) is 6.54 Å². The van der Waals surface area contributed by atoms with Gasteiger partial charge in [-0.1, -0.05) is 69.5 Å². The van der Waals surface area contributed by atoms with Gasteiger partial charge in [-0.25, -0.2) is 0 Å². The molecule has 0 aromatic heterocycles. The Bertz CT molecular complexity index is 1420. The van der Waals surface area contributed by atoms with Crippen molar-refractivity contribution < 1.29 is 9.59 Å². The normalized spacial score (nSPS) is 25.8. The van der Waals surface area contributed by atoms with Gasteiger partial charge in [0.05, 0.1) is 18.6 Å². The number of hydrazone groups is 1. The standard InChI is InChI=1S/C33H40Cl2N6O2/c1-5-7-28(22-8-10-23(11-9-22)31(42)36-19-29-38-27(6-2)18-37-40-29)41-32(43)30(24-13-25(34)15-26(35)14-24)39-33(41)16-20(3)12-21(4)17-33/h8-11,13-15,18,20-21,27-28H,5-7,12,16-17,19H2,1-4H3,(H,36,42)(H,38,40). The highest BCUT2D eigenvalue weighted by molar-refractivity contribution is 6.47. The lowest BCUT2D eigenvalue weighted by Crippen LogP contribution is -2.52. The Morgan fingerprint density at radius 2 is 1.77 bits per heavy atom. The Hall–Kier alpha value is -3.23. The van der Waals surface area contributed by atoms with Gasteiger partial charge in [-0.2, -0.15) is 5.10 Å². The molecule has 2 aromatic rings. The average molecular weight is 624 g/mol. The molecule has 2 aromatic carbocycles. The maximum atomic E-state index is 14.4. The summed E-state index contributed by atoms with van der Waals surface area (Å²) in [6.07, 6.45) is 6.95. The minimum absolute atomic E-state index is 0.0232. The molecule has 0 radical (unpaired) electrons. The molecule has 1 saturated carbocycles. The summed E-state index contributed by atoms with van der Waals surface area (Å²) in [5.74, 6) is 1.17. The van der Waals surface area contributed by atoms with E-state index < -0.39 is 5.66 Å². The summed E-state index contributed by atoms with van der Waals surface area (Å²) in [7, 11) is 0. The minimum atomic E-state index is -0.652. The number of aliphatic imine (C=N–C) groups is 2. The Morgan fingerprint density at radius 1 is 1.09 bits per heavy atom. The SMILES string of the molecule is CCCC(c1ccc(C(=O)NCC2=NC(CC)C=NN2)cc1)N1C(=O)C(c2cc(Cl)cc(Cl)c2)=NC12CC(C)CC(C)C2. The first-order valence-electron chi connectivity index (χ1n) is 15.3. The van der Waals surface area contributed by atoms with E-state index in [0.29, 0.717) is 44.6 Å². The average Bonchev–Trinajstić information content (AvgIpc) is 3.23. The summed E-state index contributed by atoms with van der Waals surface area (Å²) in [6.45, 7) is 8.93. The second-order valence-corrected chi connectivity index (χ2v) is 13.1. The van der Waals surface area contributed by atoms with Gasteiger partial charge in [-0.15, -0.1) is 0 Å².